The number of nitrogens with zero attached hydrogens (tertiary/aromatic N) is 1. The lowest BCUT2D eigenvalue weighted by atomic mass is 10.3. The first-order valence-electron chi connectivity index (χ1n) is 4.07. The molecule has 0 saturated heterocycles. The molecule has 0 radical (unpaired) electrons. The Balaban J connectivity index is 2.22. The van der Waals surface area contributed by atoms with Gasteiger partial charge < -0.3 is 4.74 Å². The number of ether oxygens (including phenoxy) is 1. The lowest BCUT2D eigenvalue weighted by Gasteiger charge is -2.04. The maximum Gasteiger partial charge on any atom is 0.168 e. The van der Waals surface area contributed by atoms with Crippen molar-refractivity contribution in [2.45, 2.75) is 18.9 Å². The van der Waals surface area contributed by atoms with Crippen LogP contribution in [-0.4, -0.2) is 17.4 Å². The van der Waals surface area contributed by atoms with E-state index < -0.39 is 0 Å². The quantitative estimate of drug-likeness (QED) is 0.550. The van der Waals surface area contributed by atoms with Gasteiger partial charge in [0.15, 0.2) is 6.29 Å². The standard InChI is InChI=1S/C9H8ClNO2/c10-9-4-8(13-7-1-2-7)3-6(5-12)11-9/h3-5,7H,1-2H2. The van der Waals surface area contributed by atoms with Gasteiger partial charge in [0.1, 0.15) is 16.6 Å². The summed E-state index contributed by atoms with van der Waals surface area (Å²) in [4.78, 5) is 14.2. The fraction of sp³-hybridized carbons (Fsp3) is 0.333. The van der Waals surface area contributed by atoms with Crippen molar-refractivity contribution in [3.63, 3.8) is 0 Å². The Kier molecular flexibility index (Phi) is 2.19. The molecule has 1 aromatic rings. The van der Waals surface area contributed by atoms with E-state index in [4.69, 9.17) is 16.3 Å². The van der Waals surface area contributed by atoms with Crippen molar-refractivity contribution in [2.75, 3.05) is 0 Å². The summed E-state index contributed by atoms with van der Waals surface area (Å²) in [5.41, 5.74) is 0.308. The Hall–Kier alpha value is -1.09. The number of hydrogen-bond donors (Lipinski definition) is 0. The highest BCUT2D eigenvalue weighted by Crippen LogP contribution is 2.27. The van der Waals surface area contributed by atoms with Gasteiger partial charge in [-0.3, -0.25) is 4.79 Å². The normalized spacial score (nSPS) is 15.5. The highest BCUT2D eigenvalue weighted by atomic mass is 35.5. The summed E-state index contributed by atoms with van der Waals surface area (Å²) in [6.07, 6.45) is 3.12. The number of carbonyl (C=O) groups is 1. The molecule has 2 rings (SSSR count). The van der Waals surface area contributed by atoms with Gasteiger partial charge in [0, 0.05) is 12.1 Å². The van der Waals surface area contributed by atoms with Gasteiger partial charge in [0.05, 0.1) is 6.10 Å². The van der Waals surface area contributed by atoms with E-state index in [1.54, 1.807) is 12.1 Å². The van der Waals surface area contributed by atoms with Crippen LogP contribution in [0.25, 0.3) is 0 Å². The second-order valence-corrected chi connectivity index (χ2v) is 3.37. The van der Waals surface area contributed by atoms with E-state index >= 15 is 0 Å². The van der Waals surface area contributed by atoms with Crippen molar-refractivity contribution < 1.29 is 9.53 Å². The van der Waals surface area contributed by atoms with Gasteiger partial charge in [-0.15, -0.1) is 0 Å². The van der Waals surface area contributed by atoms with Crippen LogP contribution in [0.15, 0.2) is 12.1 Å². The van der Waals surface area contributed by atoms with Crippen LogP contribution < -0.4 is 4.74 Å². The number of aromatic nitrogens is 1. The summed E-state index contributed by atoms with van der Waals surface area (Å²) in [6, 6.07) is 3.21. The Morgan fingerprint density at radius 3 is 2.92 bits per heavy atom. The van der Waals surface area contributed by atoms with Crippen LogP contribution >= 0.6 is 11.6 Å². The Bertz CT molecular complexity index is 336. The smallest absolute Gasteiger partial charge is 0.168 e. The largest absolute Gasteiger partial charge is 0.490 e. The van der Waals surface area contributed by atoms with E-state index in [0.717, 1.165) is 12.8 Å². The molecular weight excluding hydrogens is 190 g/mol. The van der Waals surface area contributed by atoms with Crippen molar-refractivity contribution >= 4 is 17.9 Å². The third-order valence-corrected chi connectivity index (χ3v) is 1.93. The molecule has 13 heavy (non-hydrogen) atoms. The van der Waals surface area contributed by atoms with Crippen LogP contribution in [0.5, 0.6) is 5.75 Å². The topological polar surface area (TPSA) is 39.2 Å². The number of halogens is 1. The molecule has 0 N–H and O–H groups in total. The third kappa shape index (κ3) is 2.18. The highest BCUT2D eigenvalue weighted by molar-refractivity contribution is 6.29. The molecule has 0 unspecified atom stereocenters. The molecule has 1 aliphatic rings. The van der Waals surface area contributed by atoms with E-state index in [2.05, 4.69) is 4.98 Å². The highest BCUT2D eigenvalue weighted by Gasteiger charge is 2.23. The number of pyridine rings is 1. The van der Waals surface area contributed by atoms with Crippen molar-refractivity contribution in [1.29, 1.82) is 0 Å². The molecule has 3 nitrogen and oxygen atoms in total. The SMILES string of the molecule is O=Cc1cc(OC2CC2)cc(Cl)n1. The molecule has 1 heterocycles. The molecule has 0 aliphatic heterocycles. The molecule has 0 spiro atoms. The van der Waals surface area contributed by atoms with Crippen LogP contribution in [0.4, 0.5) is 0 Å². The maximum absolute atomic E-state index is 10.4. The number of hydrogen-bond acceptors (Lipinski definition) is 3. The number of aldehydes is 1. The van der Waals surface area contributed by atoms with Gasteiger partial charge in [-0.2, -0.15) is 0 Å². The lowest BCUT2D eigenvalue weighted by molar-refractivity contribution is 0.111. The van der Waals surface area contributed by atoms with E-state index in [1.807, 2.05) is 0 Å². The first-order chi connectivity index (χ1) is 6.28. The van der Waals surface area contributed by atoms with Gasteiger partial charge in [-0.25, -0.2) is 4.98 Å². The van der Waals surface area contributed by atoms with E-state index in [9.17, 15) is 4.79 Å². The van der Waals surface area contributed by atoms with Crippen molar-refractivity contribution in [1.82, 2.24) is 4.98 Å². The molecule has 68 valence electrons. The van der Waals surface area contributed by atoms with Crippen LogP contribution in [0.2, 0.25) is 5.15 Å². The van der Waals surface area contributed by atoms with E-state index in [1.165, 1.54) is 0 Å². The molecule has 4 heteroatoms. The van der Waals surface area contributed by atoms with Gasteiger partial charge in [0.2, 0.25) is 0 Å². The minimum atomic E-state index is 0.292. The van der Waals surface area contributed by atoms with E-state index in [0.29, 0.717) is 29.0 Å². The minimum absolute atomic E-state index is 0.292. The van der Waals surface area contributed by atoms with Crippen molar-refractivity contribution in [3.05, 3.63) is 23.0 Å². The third-order valence-electron chi connectivity index (χ3n) is 1.74. The first kappa shape index (κ1) is 8.51. The van der Waals surface area contributed by atoms with Crippen LogP contribution in [0, 0.1) is 0 Å². The molecule has 0 aromatic carbocycles. The molecular formula is C9H8ClNO2. The molecule has 0 amide bonds. The average Bonchev–Trinajstić information content (AvgIpc) is 2.87. The summed E-state index contributed by atoms with van der Waals surface area (Å²) in [5.74, 6) is 0.629. The molecule has 0 atom stereocenters. The van der Waals surface area contributed by atoms with Crippen LogP contribution in [-0.2, 0) is 0 Å². The predicted octanol–water partition coefficient (Wildman–Crippen LogP) is 2.09. The summed E-state index contributed by atoms with van der Waals surface area (Å²) in [7, 11) is 0. The van der Waals surface area contributed by atoms with E-state index in [-0.39, 0.29) is 0 Å². The van der Waals surface area contributed by atoms with Gasteiger partial charge in [-0.1, -0.05) is 11.6 Å². The monoisotopic (exact) mass is 197 g/mol. The second kappa shape index (κ2) is 3.34. The molecule has 1 aromatic heterocycles. The first-order valence-corrected chi connectivity index (χ1v) is 4.45. The predicted molar refractivity (Wildman–Crippen MR) is 48.3 cm³/mol. The van der Waals surface area contributed by atoms with Crippen molar-refractivity contribution in [3.8, 4) is 5.75 Å². The fourth-order valence-electron chi connectivity index (χ4n) is 0.999. The lowest BCUT2D eigenvalue weighted by Crippen LogP contribution is -1.97. The molecule has 1 fully saturated rings. The maximum atomic E-state index is 10.4. The Morgan fingerprint density at radius 2 is 2.31 bits per heavy atom. The summed E-state index contributed by atoms with van der Waals surface area (Å²) in [5, 5.41) is 0.292. The minimum Gasteiger partial charge on any atom is -0.490 e. The van der Waals surface area contributed by atoms with Gasteiger partial charge >= 0.3 is 0 Å². The van der Waals surface area contributed by atoms with Crippen LogP contribution in [0.1, 0.15) is 23.3 Å². The Labute approximate surface area is 80.7 Å². The number of carbonyl (C=O) groups excluding carboxylic acids is 1. The second-order valence-electron chi connectivity index (χ2n) is 2.99. The van der Waals surface area contributed by atoms with Crippen LogP contribution in [0.3, 0.4) is 0 Å². The summed E-state index contributed by atoms with van der Waals surface area (Å²) in [6.45, 7) is 0. The zero-order valence-electron chi connectivity index (χ0n) is 6.87. The Morgan fingerprint density at radius 1 is 1.54 bits per heavy atom. The zero-order chi connectivity index (χ0) is 9.26. The van der Waals surface area contributed by atoms with Gasteiger partial charge in [0.25, 0.3) is 0 Å². The van der Waals surface area contributed by atoms with Crippen molar-refractivity contribution in [2.24, 2.45) is 0 Å². The summed E-state index contributed by atoms with van der Waals surface area (Å²) < 4.78 is 5.47. The molecule has 1 aliphatic carbocycles. The average molecular weight is 198 g/mol. The zero-order valence-corrected chi connectivity index (χ0v) is 7.62. The fourth-order valence-corrected chi connectivity index (χ4v) is 1.20. The molecule has 1 saturated carbocycles. The summed E-state index contributed by atoms with van der Waals surface area (Å²) >= 11 is 5.68. The number of rotatable bonds is 3. The molecule has 0 bridgehead atoms. The van der Waals surface area contributed by atoms with Gasteiger partial charge in [-0.05, 0) is 12.8 Å².